The lowest BCUT2D eigenvalue weighted by molar-refractivity contribution is 1.16. The first-order valence-corrected chi connectivity index (χ1v) is 7.74. The Hall–Kier alpha value is -2.30. The number of aromatic nitrogens is 2. The quantitative estimate of drug-likeness (QED) is 0.648. The van der Waals surface area contributed by atoms with E-state index in [1.54, 1.807) is 30.5 Å². The summed E-state index contributed by atoms with van der Waals surface area (Å²) in [5, 5.41) is 7.45. The molecule has 2 N–H and O–H groups in total. The van der Waals surface area contributed by atoms with Gasteiger partial charge in [-0.15, -0.1) is 0 Å². The van der Waals surface area contributed by atoms with E-state index in [1.165, 1.54) is 5.56 Å². The van der Waals surface area contributed by atoms with Crippen LogP contribution in [0.1, 0.15) is 5.56 Å². The Morgan fingerprint density at radius 2 is 1.52 bits per heavy atom. The number of aryl methyl sites for hydroxylation is 1. The molecule has 6 heteroatoms. The fourth-order valence-corrected chi connectivity index (χ4v) is 2.55. The van der Waals surface area contributed by atoms with Crippen LogP contribution in [0.25, 0.3) is 0 Å². The van der Waals surface area contributed by atoms with Crippen LogP contribution in [0.15, 0.2) is 54.7 Å². The number of halogens is 2. The minimum atomic E-state index is 0.506. The average molecular weight is 345 g/mol. The summed E-state index contributed by atoms with van der Waals surface area (Å²) >= 11 is 12.0. The lowest BCUT2D eigenvalue weighted by Crippen LogP contribution is -2.00. The number of nitrogens with zero attached hydrogens (tertiary/aromatic N) is 2. The molecule has 0 spiro atoms. The fourth-order valence-electron chi connectivity index (χ4n) is 2.03. The Kier molecular flexibility index (Phi) is 4.65. The van der Waals surface area contributed by atoms with Gasteiger partial charge >= 0.3 is 0 Å². The number of benzene rings is 2. The van der Waals surface area contributed by atoms with E-state index >= 15 is 0 Å². The highest BCUT2D eigenvalue weighted by atomic mass is 35.5. The first-order chi connectivity index (χ1) is 11.1. The van der Waals surface area contributed by atoms with E-state index in [0.29, 0.717) is 21.8 Å². The minimum Gasteiger partial charge on any atom is -0.340 e. The van der Waals surface area contributed by atoms with Gasteiger partial charge in [0.25, 0.3) is 0 Å². The highest BCUT2D eigenvalue weighted by Gasteiger charge is 2.03. The topological polar surface area (TPSA) is 49.8 Å². The van der Waals surface area contributed by atoms with Gasteiger partial charge in [-0.1, -0.05) is 40.9 Å². The third-order valence-corrected chi connectivity index (χ3v) is 3.53. The minimum absolute atomic E-state index is 0.506. The van der Waals surface area contributed by atoms with Crippen LogP contribution in [0.5, 0.6) is 0 Å². The molecule has 0 amide bonds. The standard InChI is InChI=1S/C17H14Cl2N4/c1-11-2-4-14(5-3-11)22-17-20-7-6-16(23-17)21-15-9-12(18)8-13(19)10-15/h2-10H,1H3,(H2,20,21,22,23). The SMILES string of the molecule is Cc1ccc(Nc2nccc(Nc3cc(Cl)cc(Cl)c3)n2)cc1. The molecule has 0 unspecified atom stereocenters. The second kappa shape index (κ2) is 6.86. The van der Waals surface area contributed by atoms with Gasteiger partial charge in [0.1, 0.15) is 5.82 Å². The summed E-state index contributed by atoms with van der Waals surface area (Å²) in [6.45, 7) is 2.04. The van der Waals surface area contributed by atoms with Gasteiger partial charge in [0.05, 0.1) is 0 Å². The van der Waals surface area contributed by atoms with Gasteiger partial charge in [-0.25, -0.2) is 4.98 Å². The number of anilines is 4. The highest BCUT2D eigenvalue weighted by molar-refractivity contribution is 6.35. The first-order valence-electron chi connectivity index (χ1n) is 6.98. The highest BCUT2D eigenvalue weighted by Crippen LogP contribution is 2.25. The van der Waals surface area contributed by atoms with Gasteiger partial charge in [-0.05, 0) is 43.3 Å². The van der Waals surface area contributed by atoms with Gasteiger partial charge in [-0.2, -0.15) is 4.98 Å². The third-order valence-electron chi connectivity index (χ3n) is 3.10. The van der Waals surface area contributed by atoms with Crippen molar-refractivity contribution in [3.05, 3.63) is 70.3 Å². The first kappa shape index (κ1) is 15.6. The van der Waals surface area contributed by atoms with E-state index in [-0.39, 0.29) is 0 Å². The Balaban J connectivity index is 1.78. The molecule has 0 radical (unpaired) electrons. The molecule has 1 aromatic heterocycles. The molecule has 0 aliphatic rings. The molecular weight excluding hydrogens is 331 g/mol. The van der Waals surface area contributed by atoms with E-state index in [1.807, 2.05) is 31.2 Å². The molecule has 116 valence electrons. The molecule has 0 saturated heterocycles. The van der Waals surface area contributed by atoms with E-state index in [9.17, 15) is 0 Å². The van der Waals surface area contributed by atoms with Crippen molar-refractivity contribution >= 4 is 46.3 Å². The smallest absolute Gasteiger partial charge is 0.229 e. The summed E-state index contributed by atoms with van der Waals surface area (Å²) in [5.41, 5.74) is 2.89. The normalized spacial score (nSPS) is 10.4. The second-order valence-corrected chi connectivity index (χ2v) is 5.91. The summed E-state index contributed by atoms with van der Waals surface area (Å²) in [6, 6.07) is 15.0. The molecule has 2 aromatic carbocycles. The van der Waals surface area contributed by atoms with Crippen LogP contribution in [0, 0.1) is 6.92 Å². The Morgan fingerprint density at radius 1 is 0.826 bits per heavy atom. The van der Waals surface area contributed by atoms with Crippen molar-refractivity contribution in [2.45, 2.75) is 6.92 Å². The van der Waals surface area contributed by atoms with E-state index in [2.05, 4.69) is 20.6 Å². The Morgan fingerprint density at radius 3 is 2.22 bits per heavy atom. The van der Waals surface area contributed by atoms with Gasteiger partial charge < -0.3 is 10.6 Å². The van der Waals surface area contributed by atoms with E-state index in [0.717, 1.165) is 11.4 Å². The lowest BCUT2D eigenvalue weighted by atomic mass is 10.2. The predicted octanol–water partition coefficient (Wildman–Crippen LogP) is 5.58. The van der Waals surface area contributed by atoms with Gasteiger partial charge in [0.15, 0.2) is 0 Å². The molecule has 0 saturated carbocycles. The zero-order valence-electron chi connectivity index (χ0n) is 12.3. The summed E-state index contributed by atoms with van der Waals surface area (Å²) in [5.74, 6) is 1.15. The largest absolute Gasteiger partial charge is 0.340 e. The molecule has 0 bridgehead atoms. The molecule has 0 atom stereocenters. The van der Waals surface area contributed by atoms with Crippen molar-refractivity contribution in [2.24, 2.45) is 0 Å². The molecule has 0 fully saturated rings. The molecule has 3 rings (SSSR count). The molecule has 3 aromatic rings. The fraction of sp³-hybridized carbons (Fsp3) is 0.0588. The van der Waals surface area contributed by atoms with Crippen LogP contribution in [0.2, 0.25) is 10.0 Å². The number of hydrogen-bond acceptors (Lipinski definition) is 4. The van der Waals surface area contributed by atoms with E-state index < -0.39 is 0 Å². The monoisotopic (exact) mass is 344 g/mol. The van der Waals surface area contributed by atoms with Crippen molar-refractivity contribution in [3.8, 4) is 0 Å². The number of nitrogens with one attached hydrogen (secondary N) is 2. The maximum absolute atomic E-state index is 6.00. The van der Waals surface area contributed by atoms with Gasteiger partial charge in [-0.3, -0.25) is 0 Å². The summed E-state index contributed by atoms with van der Waals surface area (Å²) < 4.78 is 0. The van der Waals surface area contributed by atoms with Crippen molar-refractivity contribution in [2.75, 3.05) is 10.6 Å². The maximum atomic E-state index is 6.00. The van der Waals surface area contributed by atoms with Crippen LogP contribution in [-0.4, -0.2) is 9.97 Å². The summed E-state index contributed by atoms with van der Waals surface area (Å²) in [7, 11) is 0. The molecular formula is C17H14Cl2N4. The number of rotatable bonds is 4. The Bertz CT molecular complexity index is 799. The third kappa shape index (κ3) is 4.34. The van der Waals surface area contributed by atoms with Gasteiger partial charge in [0, 0.05) is 27.6 Å². The molecule has 0 aliphatic heterocycles. The van der Waals surface area contributed by atoms with Crippen molar-refractivity contribution < 1.29 is 0 Å². The van der Waals surface area contributed by atoms with Crippen molar-refractivity contribution in [3.63, 3.8) is 0 Å². The van der Waals surface area contributed by atoms with Gasteiger partial charge in [0.2, 0.25) is 5.95 Å². The summed E-state index contributed by atoms with van der Waals surface area (Å²) in [6.07, 6.45) is 1.68. The molecule has 23 heavy (non-hydrogen) atoms. The van der Waals surface area contributed by atoms with Crippen molar-refractivity contribution in [1.82, 2.24) is 9.97 Å². The van der Waals surface area contributed by atoms with Crippen LogP contribution in [-0.2, 0) is 0 Å². The molecule has 4 nitrogen and oxygen atoms in total. The Labute approximate surface area is 144 Å². The van der Waals surface area contributed by atoms with Crippen LogP contribution in [0.3, 0.4) is 0 Å². The van der Waals surface area contributed by atoms with Crippen molar-refractivity contribution in [1.29, 1.82) is 0 Å². The van der Waals surface area contributed by atoms with E-state index in [4.69, 9.17) is 23.2 Å². The molecule has 0 aliphatic carbocycles. The number of hydrogen-bond donors (Lipinski definition) is 2. The second-order valence-electron chi connectivity index (χ2n) is 5.04. The average Bonchev–Trinajstić information content (AvgIpc) is 2.49. The van der Waals surface area contributed by atoms with Crippen LogP contribution in [0.4, 0.5) is 23.1 Å². The lowest BCUT2D eigenvalue weighted by Gasteiger charge is -2.09. The maximum Gasteiger partial charge on any atom is 0.229 e. The summed E-state index contributed by atoms with van der Waals surface area (Å²) in [4.78, 5) is 8.65. The molecule has 1 heterocycles. The van der Waals surface area contributed by atoms with Crippen LogP contribution < -0.4 is 10.6 Å². The predicted molar refractivity (Wildman–Crippen MR) is 96.2 cm³/mol. The zero-order chi connectivity index (χ0) is 16.2. The van der Waals surface area contributed by atoms with Crippen LogP contribution >= 0.6 is 23.2 Å². The zero-order valence-corrected chi connectivity index (χ0v) is 13.9.